The average molecular weight is 308 g/mol. The summed E-state index contributed by atoms with van der Waals surface area (Å²) in [6.07, 6.45) is 1.83. The van der Waals surface area contributed by atoms with Crippen LogP contribution in [0.4, 0.5) is 0 Å². The minimum Gasteiger partial charge on any atom is -0.456 e. The molecule has 0 aliphatic rings. The molecule has 0 aliphatic heterocycles. The number of carbonyl (C=O) groups excluding carboxylic acids is 1. The second kappa shape index (κ2) is 4.96. The number of halogens is 3. The van der Waals surface area contributed by atoms with Crippen LogP contribution in [0.15, 0.2) is 24.4 Å². The van der Waals surface area contributed by atoms with Crippen LogP contribution in [0.2, 0.25) is 0 Å². The largest absolute Gasteiger partial charge is 0.456 e. The second-order valence-electron chi connectivity index (χ2n) is 3.65. The number of rotatable bonds is 2. The van der Waals surface area contributed by atoms with Crippen LogP contribution in [0.3, 0.4) is 0 Å². The van der Waals surface area contributed by atoms with Crippen LogP contribution in [-0.4, -0.2) is 19.1 Å². The summed E-state index contributed by atoms with van der Waals surface area (Å²) in [5.41, 5.74) is 2.28. The minimum atomic E-state index is -2.06. The molecule has 0 N–H and O–H groups in total. The summed E-state index contributed by atoms with van der Waals surface area (Å²) in [5, 5.41) is 0. The van der Waals surface area contributed by atoms with E-state index < -0.39 is 9.76 Å². The molecule has 4 nitrogen and oxygen atoms in total. The second-order valence-corrected chi connectivity index (χ2v) is 5.93. The summed E-state index contributed by atoms with van der Waals surface area (Å²) in [7, 11) is 0. The lowest BCUT2D eigenvalue weighted by atomic mass is 10.3. The van der Waals surface area contributed by atoms with E-state index in [1.807, 2.05) is 35.7 Å². The summed E-state index contributed by atoms with van der Waals surface area (Å²) in [6, 6.07) is 5.58. The smallest absolute Gasteiger partial charge is 0.358 e. The molecule has 0 saturated carbocycles. The van der Waals surface area contributed by atoms with Crippen molar-refractivity contribution in [2.45, 2.75) is 17.3 Å². The van der Waals surface area contributed by atoms with Gasteiger partial charge in [-0.1, -0.05) is 40.9 Å². The van der Waals surface area contributed by atoms with Gasteiger partial charge in [-0.05, 0) is 19.1 Å². The van der Waals surface area contributed by atoms with Crippen molar-refractivity contribution < 1.29 is 9.53 Å². The molecule has 0 unspecified atom stereocenters. The molecule has 0 amide bonds. The average Bonchev–Trinajstić information content (AvgIpc) is 2.60. The lowest BCUT2D eigenvalue weighted by molar-refractivity contribution is -0.144. The molecule has 2 aromatic rings. The van der Waals surface area contributed by atoms with E-state index in [1.165, 1.54) is 0 Å². The number of carbonyl (C=O) groups is 1. The Morgan fingerprint density at radius 1 is 1.44 bits per heavy atom. The van der Waals surface area contributed by atoms with Crippen LogP contribution in [-0.2, 0) is 16.1 Å². The van der Waals surface area contributed by atoms with Crippen LogP contribution in [0.25, 0.3) is 5.65 Å². The molecule has 0 aliphatic carbocycles. The molecule has 0 fully saturated rings. The number of fused-ring (bicyclic) bond motifs is 1. The highest BCUT2D eigenvalue weighted by atomic mass is 35.6. The van der Waals surface area contributed by atoms with Gasteiger partial charge in [-0.25, -0.2) is 9.78 Å². The Bertz CT molecular complexity index is 589. The first kappa shape index (κ1) is 13.5. The zero-order valence-electron chi connectivity index (χ0n) is 9.36. The number of hydrogen-bond donors (Lipinski definition) is 0. The molecule has 2 rings (SSSR count). The van der Waals surface area contributed by atoms with Gasteiger partial charge in [0.2, 0.25) is 0 Å². The van der Waals surface area contributed by atoms with E-state index in [0.29, 0.717) is 0 Å². The zero-order valence-corrected chi connectivity index (χ0v) is 11.6. The SMILES string of the molecule is Cc1nc2ccccn2c1COC(=O)C(Cl)(Cl)Cl. The van der Waals surface area contributed by atoms with Crippen LogP contribution in [0.1, 0.15) is 11.4 Å². The van der Waals surface area contributed by atoms with E-state index in [9.17, 15) is 4.79 Å². The highest BCUT2D eigenvalue weighted by Crippen LogP contribution is 2.28. The van der Waals surface area contributed by atoms with Crippen molar-refractivity contribution in [3.05, 3.63) is 35.8 Å². The van der Waals surface area contributed by atoms with Crippen molar-refractivity contribution in [1.82, 2.24) is 9.38 Å². The Morgan fingerprint density at radius 3 is 2.83 bits per heavy atom. The predicted molar refractivity (Wildman–Crippen MR) is 70.0 cm³/mol. The summed E-state index contributed by atoms with van der Waals surface area (Å²) in [6.45, 7) is 1.83. The van der Waals surface area contributed by atoms with E-state index in [0.717, 1.165) is 17.0 Å². The number of aromatic nitrogens is 2. The van der Waals surface area contributed by atoms with Crippen molar-refractivity contribution in [3.8, 4) is 0 Å². The van der Waals surface area contributed by atoms with Gasteiger partial charge < -0.3 is 9.14 Å². The molecule has 2 heterocycles. The van der Waals surface area contributed by atoms with Gasteiger partial charge in [-0.15, -0.1) is 0 Å². The molecule has 96 valence electrons. The van der Waals surface area contributed by atoms with E-state index in [-0.39, 0.29) is 6.61 Å². The number of aryl methyl sites for hydroxylation is 1. The lowest BCUT2D eigenvalue weighted by Crippen LogP contribution is -2.22. The van der Waals surface area contributed by atoms with E-state index >= 15 is 0 Å². The van der Waals surface area contributed by atoms with Crippen molar-refractivity contribution >= 4 is 46.4 Å². The summed E-state index contributed by atoms with van der Waals surface area (Å²) in [4.78, 5) is 15.7. The molecule has 0 saturated heterocycles. The molecule has 2 aromatic heterocycles. The number of esters is 1. The third-order valence-electron chi connectivity index (χ3n) is 2.40. The van der Waals surface area contributed by atoms with Crippen molar-refractivity contribution in [2.24, 2.45) is 0 Å². The number of pyridine rings is 1. The van der Waals surface area contributed by atoms with E-state index in [2.05, 4.69) is 4.98 Å². The van der Waals surface area contributed by atoms with Gasteiger partial charge in [-0.3, -0.25) is 0 Å². The van der Waals surface area contributed by atoms with Gasteiger partial charge in [0.05, 0.1) is 11.4 Å². The Labute approximate surface area is 118 Å². The highest BCUT2D eigenvalue weighted by Gasteiger charge is 2.32. The van der Waals surface area contributed by atoms with Crippen molar-refractivity contribution in [3.63, 3.8) is 0 Å². The number of ether oxygens (including phenoxy) is 1. The minimum absolute atomic E-state index is 0.00373. The lowest BCUT2D eigenvalue weighted by Gasteiger charge is -2.10. The van der Waals surface area contributed by atoms with Crippen LogP contribution < -0.4 is 0 Å². The van der Waals surface area contributed by atoms with Crippen LogP contribution >= 0.6 is 34.8 Å². The molecule has 0 spiro atoms. The first-order valence-electron chi connectivity index (χ1n) is 5.06. The fourth-order valence-corrected chi connectivity index (χ4v) is 1.72. The standard InChI is InChI=1S/C11H9Cl3N2O2/c1-7-8(6-18-10(17)11(12,13)14)16-5-3-2-4-9(16)15-7/h2-5H,6H2,1H3. The number of nitrogens with zero attached hydrogens (tertiary/aromatic N) is 2. The highest BCUT2D eigenvalue weighted by molar-refractivity contribution is 6.75. The Morgan fingerprint density at radius 2 is 2.17 bits per heavy atom. The van der Waals surface area contributed by atoms with Gasteiger partial charge in [0.25, 0.3) is 3.79 Å². The molecule has 7 heteroatoms. The fourth-order valence-electron chi connectivity index (χ4n) is 1.55. The fraction of sp³-hybridized carbons (Fsp3) is 0.273. The number of alkyl halides is 3. The Kier molecular flexibility index (Phi) is 3.71. The van der Waals surface area contributed by atoms with Gasteiger partial charge >= 0.3 is 5.97 Å². The van der Waals surface area contributed by atoms with Gasteiger partial charge in [0.15, 0.2) is 0 Å². The third kappa shape index (κ3) is 2.71. The van der Waals surface area contributed by atoms with E-state index in [1.54, 1.807) is 0 Å². The van der Waals surface area contributed by atoms with Gasteiger partial charge in [0.1, 0.15) is 12.3 Å². The maximum absolute atomic E-state index is 11.4. The molecule has 0 bridgehead atoms. The summed E-state index contributed by atoms with van der Waals surface area (Å²) < 4.78 is 4.70. The van der Waals surface area contributed by atoms with Gasteiger partial charge in [0, 0.05) is 6.20 Å². The maximum Gasteiger partial charge on any atom is 0.358 e. The topological polar surface area (TPSA) is 43.6 Å². The number of hydrogen-bond acceptors (Lipinski definition) is 3. The quantitative estimate of drug-likeness (QED) is 0.632. The summed E-state index contributed by atoms with van der Waals surface area (Å²) in [5.74, 6) is -0.905. The van der Waals surface area contributed by atoms with Crippen molar-refractivity contribution in [1.29, 1.82) is 0 Å². The molecular formula is C11H9Cl3N2O2. The molecular weight excluding hydrogens is 298 g/mol. The summed E-state index contributed by atoms with van der Waals surface area (Å²) >= 11 is 16.2. The first-order valence-corrected chi connectivity index (χ1v) is 6.19. The van der Waals surface area contributed by atoms with Gasteiger partial charge in [-0.2, -0.15) is 0 Å². The predicted octanol–water partition coefficient (Wildman–Crippen LogP) is 3.06. The normalized spacial score (nSPS) is 11.8. The Balaban J connectivity index is 2.22. The molecule has 18 heavy (non-hydrogen) atoms. The molecule has 0 radical (unpaired) electrons. The monoisotopic (exact) mass is 306 g/mol. The van der Waals surface area contributed by atoms with E-state index in [4.69, 9.17) is 39.5 Å². The van der Waals surface area contributed by atoms with Crippen molar-refractivity contribution in [2.75, 3.05) is 0 Å². The van der Waals surface area contributed by atoms with Crippen LogP contribution in [0, 0.1) is 6.92 Å². The number of imidazole rings is 1. The first-order chi connectivity index (χ1) is 8.39. The molecule has 0 aromatic carbocycles. The van der Waals surface area contributed by atoms with Crippen LogP contribution in [0.5, 0.6) is 0 Å². The zero-order chi connectivity index (χ0) is 13.3. The Hall–Kier alpha value is -0.970. The maximum atomic E-state index is 11.4. The third-order valence-corrected chi connectivity index (χ3v) is 2.86. The molecule has 0 atom stereocenters.